The van der Waals surface area contributed by atoms with Crippen LogP contribution in [0.5, 0.6) is 5.75 Å². The number of ether oxygens (including phenoxy) is 1. The average Bonchev–Trinajstić information content (AvgIpc) is 2.57. The van der Waals surface area contributed by atoms with E-state index in [1.54, 1.807) is 18.2 Å². The van der Waals surface area contributed by atoms with Crippen LogP contribution in [0.25, 0.3) is 0 Å². The van der Waals surface area contributed by atoms with Gasteiger partial charge in [-0.3, -0.25) is 4.79 Å². The monoisotopic (exact) mass is 331 g/mol. The van der Waals surface area contributed by atoms with Gasteiger partial charge in [0.05, 0.1) is 0 Å². The second-order valence-electron chi connectivity index (χ2n) is 5.35. The summed E-state index contributed by atoms with van der Waals surface area (Å²) in [5.74, 6) is 0.532. The summed E-state index contributed by atoms with van der Waals surface area (Å²) in [6, 6.07) is 17.4. The highest BCUT2D eigenvalue weighted by atomic mass is 35.5. The summed E-state index contributed by atoms with van der Waals surface area (Å²) < 4.78 is 5.73. The number of halogens is 1. The molecule has 23 heavy (non-hydrogen) atoms. The lowest BCUT2D eigenvalue weighted by Crippen LogP contribution is -2.38. The number of amides is 1. The van der Waals surface area contributed by atoms with Crippen LogP contribution in [0.15, 0.2) is 54.6 Å². The first-order valence-electron chi connectivity index (χ1n) is 7.93. The number of rotatable bonds is 8. The van der Waals surface area contributed by atoms with Crippen LogP contribution in [0.1, 0.15) is 25.3 Å². The SMILES string of the molecule is CCC(Oc1cccc(Cl)c1)C(=O)NCCCc1ccccc1. The Morgan fingerprint density at radius 2 is 1.96 bits per heavy atom. The summed E-state index contributed by atoms with van der Waals surface area (Å²) in [6.07, 6.45) is 1.97. The topological polar surface area (TPSA) is 38.3 Å². The minimum atomic E-state index is -0.495. The number of nitrogens with one attached hydrogen (secondary N) is 1. The highest BCUT2D eigenvalue weighted by Gasteiger charge is 2.17. The van der Waals surface area contributed by atoms with E-state index in [0.29, 0.717) is 23.7 Å². The van der Waals surface area contributed by atoms with Crippen LogP contribution in [0.4, 0.5) is 0 Å². The quantitative estimate of drug-likeness (QED) is 0.734. The van der Waals surface area contributed by atoms with Gasteiger partial charge < -0.3 is 10.1 Å². The molecule has 3 nitrogen and oxygen atoms in total. The van der Waals surface area contributed by atoms with Gasteiger partial charge in [-0.05, 0) is 43.0 Å². The van der Waals surface area contributed by atoms with Crippen molar-refractivity contribution in [1.82, 2.24) is 5.32 Å². The molecule has 0 aliphatic heterocycles. The van der Waals surface area contributed by atoms with Crippen molar-refractivity contribution in [1.29, 1.82) is 0 Å². The lowest BCUT2D eigenvalue weighted by molar-refractivity contribution is -0.128. The van der Waals surface area contributed by atoms with Crippen LogP contribution in [-0.2, 0) is 11.2 Å². The molecule has 2 rings (SSSR count). The fourth-order valence-corrected chi connectivity index (χ4v) is 2.47. The van der Waals surface area contributed by atoms with Crippen LogP contribution in [0, 0.1) is 0 Å². The van der Waals surface area contributed by atoms with Crippen molar-refractivity contribution in [2.45, 2.75) is 32.3 Å². The summed E-state index contributed by atoms with van der Waals surface area (Å²) in [7, 11) is 0. The summed E-state index contributed by atoms with van der Waals surface area (Å²) in [5.41, 5.74) is 1.28. The molecule has 0 bridgehead atoms. The number of benzene rings is 2. The van der Waals surface area contributed by atoms with Crippen LogP contribution in [0.2, 0.25) is 5.02 Å². The third kappa shape index (κ3) is 5.95. The zero-order chi connectivity index (χ0) is 16.5. The van der Waals surface area contributed by atoms with E-state index in [0.717, 1.165) is 12.8 Å². The van der Waals surface area contributed by atoms with Gasteiger partial charge in [-0.15, -0.1) is 0 Å². The molecule has 0 heterocycles. The smallest absolute Gasteiger partial charge is 0.261 e. The normalized spacial score (nSPS) is 11.7. The third-order valence-electron chi connectivity index (χ3n) is 3.52. The molecular formula is C19H22ClNO2. The van der Waals surface area contributed by atoms with E-state index in [1.165, 1.54) is 5.56 Å². The largest absolute Gasteiger partial charge is 0.481 e. The lowest BCUT2D eigenvalue weighted by atomic mass is 10.1. The van der Waals surface area contributed by atoms with E-state index < -0.39 is 6.10 Å². The third-order valence-corrected chi connectivity index (χ3v) is 3.76. The van der Waals surface area contributed by atoms with Gasteiger partial charge in [0.2, 0.25) is 0 Å². The van der Waals surface area contributed by atoms with Crippen molar-refractivity contribution in [2.24, 2.45) is 0 Å². The second kappa shape index (κ2) is 9.21. The van der Waals surface area contributed by atoms with E-state index in [-0.39, 0.29) is 5.91 Å². The molecule has 0 aromatic heterocycles. The van der Waals surface area contributed by atoms with E-state index in [2.05, 4.69) is 17.4 Å². The van der Waals surface area contributed by atoms with Gasteiger partial charge in [0, 0.05) is 11.6 Å². The minimum Gasteiger partial charge on any atom is -0.481 e. The van der Waals surface area contributed by atoms with Gasteiger partial charge in [0.15, 0.2) is 6.10 Å². The Morgan fingerprint density at radius 3 is 2.65 bits per heavy atom. The fraction of sp³-hybridized carbons (Fsp3) is 0.316. The highest BCUT2D eigenvalue weighted by Crippen LogP contribution is 2.19. The maximum atomic E-state index is 12.2. The molecule has 1 unspecified atom stereocenters. The number of hydrogen-bond donors (Lipinski definition) is 1. The van der Waals surface area contributed by atoms with Crippen LogP contribution in [-0.4, -0.2) is 18.6 Å². The Hall–Kier alpha value is -2.00. The second-order valence-corrected chi connectivity index (χ2v) is 5.79. The van der Waals surface area contributed by atoms with Gasteiger partial charge in [-0.1, -0.05) is 54.9 Å². The van der Waals surface area contributed by atoms with E-state index in [9.17, 15) is 4.79 Å². The Kier molecular flexibility index (Phi) is 6.95. The molecule has 0 aliphatic carbocycles. The van der Waals surface area contributed by atoms with Crippen LogP contribution >= 0.6 is 11.6 Å². The first-order valence-corrected chi connectivity index (χ1v) is 8.30. The maximum absolute atomic E-state index is 12.2. The van der Waals surface area contributed by atoms with Crippen molar-refractivity contribution in [2.75, 3.05) is 6.54 Å². The van der Waals surface area contributed by atoms with E-state index in [1.807, 2.05) is 31.2 Å². The standard InChI is InChI=1S/C19H22ClNO2/c1-2-18(23-17-12-6-11-16(20)14-17)19(22)21-13-7-10-15-8-4-3-5-9-15/h3-6,8-9,11-12,14,18H,2,7,10,13H2,1H3,(H,21,22). The zero-order valence-electron chi connectivity index (χ0n) is 13.3. The fourth-order valence-electron chi connectivity index (χ4n) is 2.29. The van der Waals surface area contributed by atoms with Crippen molar-refractivity contribution in [3.63, 3.8) is 0 Å². The zero-order valence-corrected chi connectivity index (χ0v) is 14.1. The number of carbonyl (C=O) groups excluding carboxylic acids is 1. The van der Waals surface area contributed by atoms with Crippen molar-refractivity contribution >= 4 is 17.5 Å². The van der Waals surface area contributed by atoms with Crippen LogP contribution < -0.4 is 10.1 Å². The number of aryl methyl sites for hydroxylation is 1. The Labute approximate surface area is 142 Å². The van der Waals surface area contributed by atoms with Gasteiger partial charge in [0.25, 0.3) is 5.91 Å². The Balaban J connectivity index is 1.76. The maximum Gasteiger partial charge on any atom is 0.261 e. The van der Waals surface area contributed by atoms with Crippen molar-refractivity contribution in [3.05, 3.63) is 65.2 Å². The molecule has 1 amide bonds. The molecule has 122 valence electrons. The van der Waals surface area contributed by atoms with Crippen molar-refractivity contribution in [3.8, 4) is 5.75 Å². The molecular weight excluding hydrogens is 310 g/mol. The first-order chi connectivity index (χ1) is 11.2. The molecule has 0 fully saturated rings. The molecule has 0 saturated carbocycles. The molecule has 0 spiro atoms. The van der Waals surface area contributed by atoms with Gasteiger partial charge in [-0.25, -0.2) is 0 Å². The first kappa shape index (κ1) is 17.4. The van der Waals surface area contributed by atoms with Gasteiger partial charge >= 0.3 is 0 Å². The summed E-state index contributed by atoms with van der Waals surface area (Å²) in [6.45, 7) is 2.57. The minimum absolute atomic E-state index is 0.0828. The van der Waals surface area contributed by atoms with Gasteiger partial charge in [-0.2, -0.15) is 0 Å². The highest BCUT2D eigenvalue weighted by molar-refractivity contribution is 6.30. The molecule has 1 N–H and O–H groups in total. The molecule has 2 aromatic rings. The van der Waals surface area contributed by atoms with E-state index in [4.69, 9.17) is 16.3 Å². The molecule has 4 heteroatoms. The predicted molar refractivity (Wildman–Crippen MR) is 93.9 cm³/mol. The molecule has 0 aliphatic rings. The summed E-state index contributed by atoms with van der Waals surface area (Å²) in [4.78, 5) is 12.2. The molecule has 0 saturated heterocycles. The average molecular weight is 332 g/mol. The molecule has 2 aromatic carbocycles. The van der Waals surface area contributed by atoms with Crippen LogP contribution in [0.3, 0.4) is 0 Å². The van der Waals surface area contributed by atoms with Gasteiger partial charge in [0.1, 0.15) is 5.75 Å². The molecule has 0 radical (unpaired) electrons. The summed E-state index contributed by atoms with van der Waals surface area (Å²) in [5, 5.41) is 3.54. The Bertz CT molecular complexity index is 616. The predicted octanol–water partition coefficient (Wildman–Crippen LogP) is 4.25. The number of carbonyl (C=O) groups is 1. The lowest BCUT2D eigenvalue weighted by Gasteiger charge is -2.17. The molecule has 1 atom stereocenters. The number of hydrogen-bond acceptors (Lipinski definition) is 2. The summed E-state index contributed by atoms with van der Waals surface area (Å²) >= 11 is 5.93. The van der Waals surface area contributed by atoms with Crippen molar-refractivity contribution < 1.29 is 9.53 Å². The Morgan fingerprint density at radius 1 is 1.17 bits per heavy atom. The van der Waals surface area contributed by atoms with E-state index >= 15 is 0 Å².